The highest BCUT2D eigenvalue weighted by atomic mass is 19.1. The van der Waals surface area contributed by atoms with Crippen molar-refractivity contribution in [1.82, 2.24) is 9.97 Å². The zero-order valence-corrected chi connectivity index (χ0v) is 15.1. The zero-order valence-electron chi connectivity index (χ0n) is 15.1. The molecule has 0 atom stereocenters. The van der Waals surface area contributed by atoms with E-state index in [1.807, 2.05) is 12.1 Å². The molecule has 0 spiro atoms. The molecule has 0 saturated carbocycles. The van der Waals surface area contributed by atoms with Crippen LogP contribution in [0.1, 0.15) is 24.5 Å². The SMILES string of the molecule is CCC1=CC(Cc2ccnc(F)c2)(Cc2ccnc(F)c2)C=C2C=CC=C21. The number of allylic oxidation sites excluding steroid dienone is 8. The Morgan fingerprint density at radius 3 is 2.11 bits per heavy atom. The molecule has 27 heavy (non-hydrogen) atoms. The fourth-order valence-corrected chi connectivity index (χ4v) is 4.05. The number of hydrogen-bond acceptors (Lipinski definition) is 2. The molecule has 0 unspecified atom stereocenters. The average Bonchev–Trinajstić information content (AvgIpc) is 3.09. The third-order valence-corrected chi connectivity index (χ3v) is 5.13. The summed E-state index contributed by atoms with van der Waals surface area (Å²) in [5.41, 5.74) is 5.06. The van der Waals surface area contributed by atoms with Crippen LogP contribution >= 0.6 is 0 Å². The van der Waals surface area contributed by atoms with Crippen LogP contribution in [0.25, 0.3) is 0 Å². The van der Waals surface area contributed by atoms with E-state index in [9.17, 15) is 8.78 Å². The van der Waals surface area contributed by atoms with Gasteiger partial charge in [0.15, 0.2) is 0 Å². The van der Waals surface area contributed by atoms with Gasteiger partial charge in [-0.25, -0.2) is 9.97 Å². The highest BCUT2D eigenvalue weighted by Gasteiger charge is 2.32. The van der Waals surface area contributed by atoms with Gasteiger partial charge < -0.3 is 0 Å². The summed E-state index contributed by atoms with van der Waals surface area (Å²) < 4.78 is 27.3. The maximum atomic E-state index is 13.7. The fourth-order valence-electron chi connectivity index (χ4n) is 4.05. The Bertz CT molecular complexity index is 951. The van der Waals surface area contributed by atoms with E-state index in [1.54, 1.807) is 0 Å². The summed E-state index contributed by atoms with van der Waals surface area (Å²) >= 11 is 0. The molecular weight excluding hydrogens is 342 g/mol. The maximum absolute atomic E-state index is 13.7. The molecule has 0 aliphatic heterocycles. The van der Waals surface area contributed by atoms with Crippen LogP contribution in [-0.4, -0.2) is 9.97 Å². The predicted molar refractivity (Wildman–Crippen MR) is 102 cm³/mol. The van der Waals surface area contributed by atoms with E-state index in [-0.39, 0.29) is 5.41 Å². The lowest BCUT2D eigenvalue weighted by molar-refractivity contribution is 0.469. The van der Waals surface area contributed by atoms with Gasteiger partial charge in [-0.2, -0.15) is 8.78 Å². The van der Waals surface area contributed by atoms with E-state index in [0.29, 0.717) is 12.8 Å². The van der Waals surface area contributed by atoms with Gasteiger partial charge in [-0.1, -0.05) is 37.3 Å². The second-order valence-electron chi connectivity index (χ2n) is 7.12. The molecule has 2 aliphatic rings. The summed E-state index contributed by atoms with van der Waals surface area (Å²) in [4.78, 5) is 7.32. The van der Waals surface area contributed by atoms with Crippen molar-refractivity contribution < 1.29 is 8.78 Å². The molecule has 136 valence electrons. The molecule has 0 radical (unpaired) electrons. The van der Waals surface area contributed by atoms with Gasteiger partial charge in [0.05, 0.1) is 0 Å². The number of pyridine rings is 2. The van der Waals surface area contributed by atoms with Gasteiger partial charge in [0.25, 0.3) is 0 Å². The quantitative estimate of drug-likeness (QED) is 0.675. The van der Waals surface area contributed by atoms with Crippen molar-refractivity contribution in [2.24, 2.45) is 5.41 Å². The lowest BCUT2D eigenvalue weighted by Crippen LogP contribution is -2.26. The molecule has 0 saturated heterocycles. The molecule has 0 aromatic carbocycles. The molecule has 2 heterocycles. The van der Waals surface area contributed by atoms with Crippen molar-refractivity contribution >= 4 is 0 Å². The third-order valence-electron chi connectivity index (χ3n) is 5.13. The summed E-state index contributed by atoms with van der Waals surface area (Å²) in [5, 5.41) is 0. The van der Waals surface area contributed by atoms with Gasteiger partial charge >= 0.3 is 0 Å². The minimum atomic E-state index is -0.484. The van der Waals surface area contributed by atoms with E-state index in [2.05, 4.69) is 47.3 Å². The maximum Gasteiger partial charge on any atom is 0.213 e. The van der Waals surface area contributed by atoms with Crippen LogP contribution in [0.5, 0.6) is 0 Å². The first-order valence-electron chi connectivity index (χ1n) is 9.11. The predicted octanol–water partition coefficient (Wildman–Crippen LogP) is 5.30. The number of fused-ring (bicyclic) bond motifs is 1. The number of aromatic nitrogens is 2. The Kier molecular flexibility index (Phi) is 4.56. The Morgan fingerprint density at radius 1 is 0.926 bits per heavy atom. The first kappa shape index (κ1) is 17.5. The normalized spacial score (nSPS) is 17.2. The van der Waals surface area contributed by atoms with Crippen molar-refractivity contribution in [3.8, 4) is 0 Å². The van der Waals surface area contributed by atoms with Crippen LogP contribution < -0.4 is 0 Å². The van der Waals surface area contributed by atoms with Gasteiger partial charge in [-0.15, -0.1) is 0 Å². The number of halogens is 2. The minimum Gasteiger partial charge on any atom is -0.228 e. The first-order valence-corrected chi connectivity index (χ1v) is 9.11. The lowest BCUT2D eigenvalue weighted by atomic mass is 9.70. The lowest BCUT2D eigenvalue weighted by Gasteiger charge is -2.34. The second-order valence-corrected chi connectivity index (χ2v) is 7.12. The van der Waals surface area contributed by atoms with Crippen LogP contribution in [-0.2, 0) is 12.8 Å². The summed E-state index contributed by atoms with van der Waals surface area (Å²) in [7, 11) is 0. The Hall–Kier alpha value is -2.88. The van der Waals surface area contributed by atoms with Gasteiger partial charge in [-0.05, 0) is 71.4 Å². The minimum absolute atomic E-state index is 0.367. The van der Waals surface area contributed by atoms with Gasteiger partial charge in [-0.3, -0.25) is 0 Å². The summed E-state index contributed by atoms with van der Waals surface area (Å²) in [6.07, 6.45) is 15.9. The van der Waals surface area contributed by atoms with Crippen molar-refractivity contribution in [3.63, 3.8) is 0 Å². The highest BCUT2D eigenvalue weighted by Crippen LogP contribution is 2.43. The molecule has 2 aromatic rings. The van der Waals surface area contributed by atoms with Crippen molar-refractivity contribution in [2.45, 2.75) is 26.2 Å². The molecule has 0 amide bonds. The monoisotopic (exact) mass is 362 g/mol. The fraction of sp³-hybridized carbons (Fsp3) is 0.217. The van der Waals surface area contributed by atoms with Crippen molar-refractivity contribution in [3.05, 3.63) is 107 Å². The first-order chi connectivity index (χ1) is 13.1. The average molecular weight is 362 g/mol. The molecule has 4 heteroatoms. The largest absolute Gasteiger partial charge is 0.228 e. The second kappa shape index (κ2) is 7.03. The molecule has 2 aliphatic carbocycles. The summed E-state index contributed by atoms with van der Waals surface area (Å²) in [5.74, 6) is -0.968. The van der Waals surface area contributed by atoms with E-state index < -0.39 is 11.9 Å². The van der Waals surface area contributed by atoms with E-state index in [0.717, 1.165) is 17.5 Å². The van der Waals surface area contributed by atoms with Crippen LogP contribution in [0.4, 0.5) is 8.78 Å². The molecule has 2 nitrogen and oxygen atoms in total. The molecule has 0 N–H and O–H groups in total. The van der Waals surface area contributed by atoms with E-state index in [4.69, 9.17) is 0 Å². The van der Waals surface area contributed by atoms with E-state index >= 15 is 0 Å². The molecular formula is C23H20F2N2. The van der Waals surface area contributed by atoms with Gasteiger partial charge in [0.1, 0.15) is 0 Å². The highest BCUT2D eigenvalue weighted by molar-refractivity contribution is 5.62. The Labute approximate surface area is 157 Å². The number of hydrogen-bond donors (Lipinski definition) is 0. The number of rotatable bonds is 5. The molecule has 0 bridgehead atoms. The Morgan fingerprint density at radius 2 is 1.56 bits per heavy atom. The van der Waals surface area contributed by atoms with Gasteiger partial charge in [0.2, 0.25) is 11.9 Å². The van der Waals surface area contributed by atoms with Crippen molar-refractivity contribution in [2.75, 3.05) is 0 Å². The summed E-state index contributed by atoms with van der Waals surface area (Å²) in [6, 6.07) is 6.63. The number of nitrogens with zero attached hydrogens (tertiary/aromatic N) is 2. The van der Waals surface area contributed by atoms with Crippen LogP contribution in [0.15, 0.2) is 83.8 Å². The molecule has 0 fully saturated rings. The topological polar surface area (TPSA) is 25.8 Å². The van der Waals surface area contributed by atoms with Crippen LogP contribution in [0.2, 0.25) is 0 Å². The zero-order chi connectivity index (χ0) is 18.9. The standard InChI is InChI=1S/C23H20F2N2/c1-2-18-14-23(15-19-4-3-5-20(18)19,12-16-6-8-26-21(24)10-16)13-17-7-9-27-22(25)11-17/h3-11,14-15H,2,12-13H2,1H3. The smallest absolute Gasteiger partial charge is 0.213 e. The summed E-state index contributed by atoms with van der Waals surface area (Å²) in [6.45, 7) is 2.14. The van der Waals surface area contributed by atoms with E-state index in [1.165, 1.54) is 41.2 Å². The van der Waals surface area contributed by atoms with Gasteiger partial charge in [0, 0.05) is 17.8 Å². The molecule has 4 rings (SSSR count). The third kappa shape index (κ3) is 3.65. The van der Waals surface area contributed by atoms with Crippen LogP contribution in [0, 0.1) is 17.3 Å². The van der Waals surface area contributed by atoms with Crippen molar-refractivity contribution in [1.29, 1.82) is 0 Å². The van der Waals surface area contributed by atoms with Crippen LogP contribution in [0.3, 0.4) is 0 Å². The molecule has 2 aromatic heterocycles. The Balaban J connectivity index is 1.80.